The number of carbonyl (C=O) groups excluding carboxylic acids is 2. The maximum Gasteiger partial charge on any atom is 0.387 e. The number of anilines is 1. The van der Waals surface area contributed by atoms with E-state index >= 15 is 0 Å². The molecule has 0 aliphatic heterocycles. The van der Waals surface area contributed by atoms with Crippen LogP contribution in [0, 0.1) is 0 Å². The second kappa shape index (κ2) is 8.25. The molecule has 0 spiro atoms. The molecular weight excluding hydrogens is 374 g/mol. The maximum absolute atomic E-state index is 12.3. The minimum absolute atomic E-state index is 0.00215. The van der Waals surface area contributed by atoms with Crippen molar-refractivity contribution < 1.29 is 27.8 Å². The van der Waals surface area contributed by atoms with E-state index in [4.69, 9.17) is 0 Å². The Kier molecular flexibility index (Phi) is 5.58. The molecule has 0 radical (unpaired) electrons. The van der Waals surface area contributed by atoms with Crippen molar-refractivity contribution >= 4 is 17.6 Å². The van der Waals surface area contributed by atoms with Crippen molar-refractivity contribution in [1.82, 2.24) is 14.8 Å². The van der Waals surface area contributed by atoms with Crippen molar-refractivity contribution in [3.63, 3.8) is 0 Å². The maximum atomic E-state index is 12.3. The van der Waals surface area contributed by atoms with Crippen LogP contribution in [0.2, 0.25) is 0 Å². The molecule has 0 atom stereocenters. The Hall–Kier alpha value is -3.82. The average molecular weight is 388 g/mol. The van der Waals surface area contributed by atoms with Crippen LogP contribution in [-0.2, 0) is 4.74 Å². The van der Waals surface area contributed by atoms with Crippen molar-refractivity contribution in [2.45, 2.75) is 6.61 Å². The summed E-state index contributed by atoms with van der Waals surface area (Å²) in [5, 5.41) is 6.64. The lowest BCUT2D eigenvalue weighted by Gasteiger charge is -2.06. The second-order valence-electron chi connectivity index (χ2n) is 5.41. The topological polar surface area (TPSA) is 95.3 Å². The Morgan fingerprint density at radius 2 is 1.89 bits per heavy atom. The minimum atomic E-state index is -2.91. The molecule has 1 amide bonds. The standard InChI is InChI=1S/C18H14F2N4O4/c1-27-17(26)11-3-2-4-12(9-11)22-16(25)15-21-10-24(23-15)13-5-7-14(8-6-13)28-18(19)20/h2-10,18H,1H3,(H,22,25). The van der Waals surface area contributed by atoms with E-state index in [1.807, 2.05) is 0 Å². The molecular formula is C18H14F2N4O4. The summed E-state index contributed by atoms with van der Waals surface area (Å²) in [6, 6.07) is 11.9. The van der Waals surface area contributed by atoms with Gasteiger partial charge in [-0.25, -0.2) is 14.5 Å². The number of ether oxygens (including phenoxy) is 2. The predicted octanol–water partition coefficient (Wildman–Crippen LogP) is 2.91. The lowest BCUT2D eigenvalue weighted by molar-refractivity contribution is -0.0498. The number of hydrogen-bond donors (Lipinski definition) is 1. The molecule has 3 rings (SSSR count). The van der Waals surface area contributed by atoms with Gasteiger partial charge in [-0.2, -0.15) is 8.78 Å². The van der Waals surface area contributed by atoms with E-state index in [1.165, 1.54) is 48.5 Å². The van der Waals surface area contributed by atoms with Gasteiger partial charge in [0.1, 0.15) is 12.1 Å². The van der Waals surface area contributed by atoms with Gasteiger partial charge in [-0.05, 0) is 42.5 Å². The number of nitrogens with one attached hydrogen (secondary N) is 1. The molecule has 1 heterocycles. The van der Waals surface area contributed by atoms with Gasteiger partial charge in [0.05, 0.1) is 18.4 Å². The van der Waals surface area contributed by atoms with Crippen molar-refractivity contribution in [3.8, 4) is 11.4 Å². The van der Waals surface area contributed by atoms with Gasteiger partial charge in [0.2, 0.25) is 5.82 Å². The molecule has 8 nitrogen and oxygen atoms in total. The number of halogens is 2. The number of rotatable bonds is 6. The quantitative estimate of drug-likeness (QED) is 0.653. The Balaban J connectivity index is 1.71. The third-order valence-electron chi connectivity index (χ3n) is 3.56. The number of alkyl halides is 2. The van der Waals surface area contributed by atoms with Crippen LogP contribution in [0.15, 0.2) is 54.9 Å². The molecule has 0 fully saturated rings. The van der Waals surface area contributed by atoms with Crippen LogP contribution in [-0.4, -0.2) is 40.4 Å². The molecule has 1 N–H and O–H groups in total. The third kappa shape index (κ3) is 4.47. The Morgan fingerprint density at radius 1 is 1.14 bits per heavy atom. The van der Waals surface area contributed by atoms with Crippen LogP contribution in [0.5, 0.6) is 5.75 Å². The van der Waals surface area contributed by atoms with Crippen LogP contribution in [0.3, 0.4) is 0 Å². The van der Waals surface area contributed by atoms with Gasteiger partial charge in [-0.3, -0.25) is 4.79 Å². The first-order valence-electron chi connectivity index (χ1n) is 7.93. The summed E-state index contributed by atoms with van der Waals surface area (Å²) < 4.78 is 34.6. The van der Waals surface area contributed by atoms with Crippen molar-refractivity contribution in [1.29, 1.82) is 0 Å². The fourth-order valence-corrected chi connectivity index (χ4v) is 2.30. The summed E-state index contributed by atoms with van der Waals surface area (Å²) in [5.74, 6) is -1.23. The number of esters is 1. The molecule has 144 valence electrons. The molecule has 0 saturated carbocycles. The number of aromatic nitrogens is 3. The molecule has 0 saturated heterocycles. The highest BCUT2D eigenvalue weighted by Gasteiger charge is 2.14. The minimum Gasteiger partial charge on any atom is -0.465 e. The molecule has 3 aromatic rings. The summed E-state index contributed by atoms with van der Waals surface area (Å²) >= 11 is 0. The molecule has 10 heteroatoms. The summed E-state index contributed by atoms with van der Waals surface area (Å²) in [4.78, 5) is 27.8. The molecule has 0 unspecified atom stereocenters. The number of methoxy groups -OCH3 is 1. The van der Waals surface area contributed by atoms with Crippen LogP contribution < -0.4 is 10.1 Å². The van der Waals surface area contributed by atoms with E-state index in [0.717, 1.165) is 0 Å². The van der Waals surface area contributed by atoms with Crippen LogP contribution in [0.1, 0.15) is 21.0 Å². The number of amides is 1. The predicted molar refractivity (Wildman–Crippen MR) is 93.7 cm³/mol. The number of benzene rings is 2. The van der Waals surface area contributed by atoms with E-state index in [-0.39, 0.29) is 17.1 Å². The molecule has 0 bridgehead atoms. The molecule has 0 aliphatic rings. The smallest absolute Gasteiger partial charge is 0.387 e. The van der Waals surface area contributed by atoms with Crippen LogP contribution in [0.25, 0.3) is 5.69 Å². The molecule has 2 aromatic carbocycles. The average Bonchev–Trinajstić information content (AvgIpc) is 3.18. The highest BCUT2D eigenvalue weighted by Crippen LogP contribution is 2.17. The zero-order valence-electron chi connectivity index (χ0n) is 14.5. The van der Waals surface area contributed by atoms with Crippen molar-refractivity contribution in [2.24, 2.45) is 0 Å². The molecule has 1 aromatic heterocycles. The van der Waals surface area contributed by atoms with E-state index < -0.39 is 18.5 Å². The first kappa shape index (κ1) is 19.0. The summed E-state index contributed by atoms with van der Waals surface area (Å²) in [6.07, 6.45) is 1.31. The fraction of sp³-hybridized carbons (Fsp3) is 0.111. The van der Waals surface area contributed by atoms with Crippen molar-refractivity contribution in [3.05, 3.63) is 66.2 Å². The van der Waals surface area contributed by atoms with Crippen LogP contribution >= 0.6 is 0 Å². The molecule has 28 heavy (non-hydrogen) atoms. The van der Waals surface area contributed by atoms with Gasteiger partial charge in [-0.15, -0.1) is 5.10 Å². The Labute approximate surface area is 157 Å². The number of nitrogens with zero attached hydrogens (tertiary/aromatic N) is 3. The van der Waals surface area contributed by atoms with Gasteiger partial charge in [-0.1, -0.05) is 6.07 Å². The fourth-order valence-electron chi connectivity index (χ4n) is 2.30. The number of hydrogen-bond acceptors (Lipinski definition) is 6. The van der Waals surface area contributed by atoms with E-state index in [1.54, 1.807) is 18.2 Å². The largest absolute Gasteiger partial charge is 0.465 e. The van der Waals surface area contributed by atoms with E-state index in [9.17, 15) is 18.4 Å². The zero-order valence-corrected chi connectivity index (χ0v) is 14.5. The van der Waals surface area contributed by atoms with E-state index in [2.05, 4.69) is 24.9 Å². The second-order valence-corrected chi connectivity index (χ2v) is 5.41. The summed E-state index contributed by atoms with van der Waals surface area (Å²) in [6.45, 7) is -2.91. The first-order valence-corrected chi connectivity index (χ1v) is 7.93. The highest BCUT2D eigenvalue weighted by atomic mass is 19.3. The lowest BCUT2D eigenvalue weighted by atomic mass is 10.2. The van der Waals surface area contributed by atoms with Gasteiger partial charge < -0.3 is 14.8 Å². The number of carbonyl (C=O) groups is 2. The normalized spacial score (nSPS) is 10.6. The SMILES string of the molecule is COC(=O)c1cccc(NC(=O)c2ncn(-c3ccc(OC(F)F)cc3)n2)c1. The summed E-state index contributed by atoms with van der Waals surface area (Å²) in [7, 11) is 1.26. The first-order chi connectivity index (χ1) is 13.5. The van der Waals surface area contributed by atoms with Gasteiger partial charge in [0.15, 0.2) is 0 Å². The van der Waals surface area contributed by atoms with E-state index in [0.29, 0.717) is 11.4 Å². The zero-order chi connectivity index (χ0) is 20.1. The monoisotopic (exact) mass is 388 g/mol. The molecule has 0 aliphatic carbocycles. The lowest BCUT2D eigenvalue weighted by Crippen LogP contribution is -2.15. The Morgan fingerprint density at radius 3 is 2.57 bits per heavy atom. The van der Waals surface area contributed by atoms with Gasteiger partial charge in [0.25, 0.3) is 5.91 Å². The van der Waals surface area contributed by atoms with Crippen LogP contribution in [0.4, 0.5) is 14.5 Å². The highest BCUT2D eigenvalue weighted by molar-refractivity contribution is 6.02. The third-order valence-corrected chi connectivity index (χ3v) is 3.56. The van der Waals surface area contributed by atoms with Crippen molar-refractivity contribution in [2.75, 3.05) is 12.4 Å². The summed E-state index contributed by atoms with van der Waals surface area (Å²) in [5.41, 5.74) is 1.16. The van der Waals surface area contributed by atoms with Gasteiger partial charge >= 0.3 is 12.6 Å². The van der Waals surface area contributed by atoms with Gasteiger partial charge in [0, 0.05) is 5.69 Å². The Bertz CT molecular complexity index is 989.